The first-order valence-corrected chi connectivity index (χ1v) is 3.89. The molecule has 0 saturated heterocycles. The van der Waals surface area contributed by atoms with Gasteiger partial charge in [0.25, 0.3) is 5.95 Å². The number of tetrazole rings is 1. The second-order valence-electron chi connectivity index (χ2n) is 2.54. The molecule has 0 aliphatic rings. The van der Waals surface area contributed by atoms with Gasteiger partial charge in [-0.2, -0.15) is 5.21 Å². The van der Waals surface area contributed by atoms with Crippen LogP contribution in [-0.2, 0) is 0 Å². The molecule has 2 aromatic rings. The fourth-order valence-corrected chi connectivity index (χ4v) is 0.897. The molecule has 14 heavy (non-hydrogen) atoms. The zero-order valence-corrected chi connectivity index (χ0v) is 7.08. The van der Waals surface area contributed by atoms with Crippen molar-refractivity contribution < 1.29 is 5.11 Å². The molecular formula is C8H6N5O-. The summed E-state index contributed by atoms with van der Waals surface area (Å²) in [5.74, 6) is 0.234. The van der Waals surface area contributed by atoms with Gasteiger partial charge in [0.05, 0.1) is 0 Å². The second kappa shape index (κ2) is 3.65. The van der Waals surface area contributed by atoms with Gasteiger partial charge >= 0.3 is 0 Å². The number of aromatic amines is 1. The Morgan fingerprint density at radius 1 is 1.29 bits per heavy atom. The molecule has 1 N–H and O–H groups in total. The summed E-state index contributed by atoms with van der Waals surface area (Å²) >= 11 is 0. The summed E-state index contributed by atoms with van der Waals surface area (Å²) in [7, 11) is 0. The lowest BCUT2D eigenvalue weighted by Gasteiger charge is -2.02. The van der Waals surface area contributed by atoms with E-state index in [0.29, 0.717) is 0 Å². The Labute approximate surface area is 79.3 Å². The van der Waals surface area contributed by atoms with Crippen molar-refractivity contribution in [2.24, 2.45) is 4.99 Å². The maximum atomic E-state index is 10.8. The number of hydrogen-bond acceptors (Lipinski definition) is 5. The molecule has 0 bridgehead atoms. The molecule has 0 saturated carbocycles. The van der Waals surface area contributed by atoms with E-state index in [0.717, 1.165) is 5.56 Å². The third-order valence-corrected chi connectivity index (χ3v) is 1.54. The zero-order valence-electron chi connectivity index (χ0n) is 7.08. The summed E-state index contributed by atoms with van der Waals surface area (Å²) in [6, 6.07) is 6.28. The lowest BCUT2D eigenvalue weighted by molar-refractivity contribution is -0.268. The van der Waals surface area contributed by atoms with Crippen molar-refractivity contribution in [3.05, 3.63) is 29.8 Å². The van der Waals surface area contributed by atoms with Crippen LogP contribution in [0.25, 0.3) is 0 Å². The molecule has 1 heterocycles. The average molecular weight is 188 g/mol. The van der Waals surface area contributed by atoms with Crippen molar-refractivity contribution in [2.45, 2.75) is 0 Å². The molecule has 0 unspecified atom stereocenters. The van der Waals surface area contributed by atoms with Gasteiger partial charge in [-0.3, -0.25) is 0 Å². The van der Waals surface area contributed by atoms with Crippen LogP contribution in [-0.4, -0.2) is 26.8 Å². The van der Waals surface area contributed by atoms with Crippen molar-refractivity contribution in [3.8, 4) is 5.75 Å². The average Bonchev–Trinajstić information content (AvgIpc) is 2.70. The number of nitrogens with zero attached hydrogens (tertiary/aromatic N) is 4. The third kappa shape index (κ3) is 1.92. The van der Waals surface area contributed by atoms with Crippen molar-refractivity contribution >= 4 is 12.2 Å². The lowest BCUT2D eigenvalue weighted by Crippen LogP contribution is -1.89. The molecule has 6 heteroatoms. The van der Waals surface area contributed by atoms with E-state index in [-0.39, 0.29) is 11.7 Å². The maximum Gasteiger partial charge on any atom is 0.288 e. The minimum Gasteiger partial charge on any atom is -0.872 e. The quantitative estimate of drug-likeness (QED) is 0.673. The summed E-state index contributed by atoms with van der Waals surface area (Å²) in [5, 5.41) is 23.7. The van der Waals surface area contributed by atoms with E-state index in [2.05, 4.69) is 25.6 Å². The molecule has 0 spiro atoms. The molecule has 0 atom stereocenters. The topological polar surface area (TPSA) is 89.9 Å². The van der Waals surface area contributed by atoms with Crippen LogP contribution in [0.2, 0.25) is 0 Å². The predicted molar refractivity (Wildman–Crippen MR) is 47.3 cm³/mol. The van der Waals surface area contributed by atoms with E-state index in [1.165, 1.54) is 12.1 Å². The van der Waals surface area contributed by atoms with E-state index in [9.17, 15) is 5.11 Å². The van der Waals surface area contributed by atoms with E-state index < -0.39 is 0 Å². The van der Waals surface area contributed by atoms with Crippen LogP contribution in [0.15, 0.2) is 29.3 Å². The molecule has 0 aliphatic heterocycles. The minimum absolute atomic E-state index is 0.0262. The van der Waals surface area contributed by atoms with Crippen LogP contribution < -0.4 is 5.11 Å². The van der Waals surface area contributed by atoms with Gasteiger partial charge in [0.15, 0.2) is 0 Å². The predicted octanol–water partition coefficient (Wildman–Crippen LogP) is 0.0239. The van der Waals surface area contributed by atoms with Crippen LogP contribution in [0, 0.1) is 0 Å². The van der Waals surface area contributed by atoms with Crippen LogP contribution in [0.3, 0.4) is 0 Å². The molecule has 1 aromatic carbocycles. The van der Waals surface area contributed by atoms with Gasteiger partial charge in [0.2, 0.25) is 0 Å². The van der Waals surface area contributed by atoms with Gasteiger partial charge in [-0.1, -0.05) is 29.4 Å². The first-order chi connectivity index (χ1) is 6.84. The van der Waals surface area contributed by atoms with E-state index in [1.54, 1.807) is 18.3 Å². The molecule has 0 radical (unpaired) electrons. The molecule has 0 aliphatic carbocycles. The Morgan fingerprint density at radius 3 is 2.71 bits per heavy atom. The number of H-pyrrole nitrogens is 1. The summed E-state index contributed by atoms with van der Waals surface area (Å²) in [4.78, 5) is 3.92. The lowest BCUT2D eigenvalue weighted by atomic mass is 10.2. The van der Waals surface area contributed by atoms with Crippen molar-refractivity contribution in [1.29, 1.82) is 0 Å². The van der Waals surface area contributed by atoms with E-state index in [1.807, 2.05) is 0 Å². The van der Waals surface area contributed by atoms with Crippen molar-refractivity contribution in [3.63, 3.8) is 0 Å². The number of nitrogens with one attached hydrogen (secondary N) is 1. The van der Waals surface area contributed by atoms with E-state index in [4.69, 9.17) is 0 Å². The highest BCUT2D eigenvalue weighted by molar-refractivity contribution is 5.81. The highest BCUT2D eigenvalue weighted by Crippen LogP contribution is 2.05. The van der Waals surface area contributed by atoms with Gasteiger partial charge in [-0.25, -0.2) is 4.99 Å². The molecule has 2 rings (SSSR count). The fourth-order valence-electron chi connectivity index (χ4n) is 0.897. The van der Waals surface area contributed by atoms with Gasteiger partial charge in [0, 0.05) is 6.21 Å². The summed E-state index contributed by atoms with van der Waals surface area (Å²) in [5.41, 5.74) is 0.814. The third-order valence-electron chi connectivity index (χ3n) is 1.54. The molecule has 1 aromatic heterocycles. The van der Waals surface area contributed by atoms with Gasteiger partial charge < -0.3 is 5.11 Å². The molecule has 0 amide bonds. The number of rotatable bonds is 2. The SMILES string of the molecule is [O-]c1ccc(C=Nc2nn[nH]n2)cc1. The standard InChI is InChI=1S/C8H7N5O/c14-7-3-1-6(2-4-7)5-9-8-10-12-13-11-8/h1-5,14H,(H,10,11,12,13)/p-1. The largest absolute Gasteiger partial charge is 0.872 e. The zero-order chi connectivity index (χ0) is 9.80. The van der Waals surface area contributed by atoms with Crippen LogP contribution in [0.1, 0.15) is 5.56 Å². The van der Waals surface area contributed by atoms with Gasteiger partial charge in [-0.05, 0) is 10.8 Å². The Hall–Kier alpha value is -2.24. The van der Waals surface area contributed by atoms with Crippen molar-refractivity contribution in [1.82, 2.24) is 20.6 Å². The first-order valence-electron chi connectivity index (χ1n) is 3.89. The van der Waals surface area contributed by atoms with Crippen LogP contribution in [0.4, 0.5) is 5.95 Å². The number of aromatic nitrogens is 4. The summed E-state index contributed by atoms with van der Waals surface area (Å²) in [6.07, 6.45) is 1.56. The minimum atomic E-state index is -0.0262. The van der Waals surface area contributed by atoms with Crippen molar-refractivity contribution in [2.75, 3.05) is 0 Å². The molecular weight excluding hydrogens is 182 g/mol. The monoisotopic (exact) mass is 188 g/mol. The van der Waals surface area contributed by atoms with Crippen LogP contribution >= 0.6 is 0 Å². The van der Waals surface area contributed by atoms with Gasteiger partial charge in [-0.15, -0.1) is 10.8 Å². The highest BCUT2D eigenvalue weighted by atomic mass is 16.3. The molecule has 0 fully saturated rings. The first kappa shape index (κ1) is 8.36. The second-order valence-corrected chi connectivity index (χ2v) is 2.54. The van der Waals surface area contributed by atoms with Gasteiger partial charge in [0.1, 0.15) is 0 Å². The molecule has 70 valence electrons. The Kier molecular flexibility index (Phi) is 2.18. The normalized spacial score (nSPS) is 10.9. The highest BCUT2D eigenvalue weighted by Gasteiger charge is 1.90. The Morgan fingerprint density at radius 2 is 2.07 bits per heavy atom. The Bertz CT molecular complexity index is 420. The summed E-state index contributed by atoms with van der Waals surface area (Å²) in [6.45, 7) is 0. The van der Waals surface area contributed by atoms with Crippen LogP contribution in [0.5, 0.6) is 5.75 Å². The number of aliphatic imine (C=N–C) groups is 1. The number of hydrogen-bond donors (Lipinski definition) is 1. The summed E-state index contributed by atoms with van der Waals surface area (Å²) < 4.78 is 0. The Balaban J connectivity index is 2.15. The van der Waals surface area contributed by atoms with E-state index >= 15 is 0 Å². The number of benzene rings is 1. The molecule has 6 nitrogen and oxygen atoms in total. The fraction of sp³-hybridized carbons (Fsp3) is 0. The smallest absolute Gasteiger partial charge is 0.288 e. The maximum absolute atomic E-state index is 10.8.